The standard InChI is InChI=1S/C26H36N2O4/c1-24(2,3)32-28-18-7-9-19-17(16-18)6-8-21-20(19)10-12-25(4)22(21)11-13-26(25,14-15-27)31-23(29)30-5/h16,21-22H,6-14H2,1-5H3/t21?,22?,25-,26+/m0/s1. The van der Waals surface area contributed by atoms with E-state index in [1.165, 1.54) is 18.3 Å². The lowest BCUT2D eigenvalue weighted by Crippen LogP contribution is -2.52. The molecule has 32 heavy (non-hydrogen) atoms. The van der Waals surface area contributed by atoms with Crippen molar-refractivity contribution < 1.29 is 19.1 Å². The number of ether oxygens (including phenoxy) is 2. The Morgan fingerprint density at radius 3 is 2.69 bits per heavy atom. The molecule has 2 fully saturated rings. The Morgan fingerprint density at radius 2 is 2.00 bits per heavy atom. The summed E-state index contributed by atoms with van der Waals surface area (Å²) in [5.41, 5.74) is 4.38. The minimum Gasteiger partial charge on any atom is -0.438 e. The van der Waals surface area contributed by atoms with Crippen LogP contribution >= 0.6 is 0 Å². The van der Waals surface area contributed by atoms with E-state index in [2.05, 4.69) is 24.2 Å². The number of allylic oxidation sites excluding steroid dienone is 4. The number of nitriles is 1. The summed E-state index contributed by atoms with van der Waals surface area (Å²) >= 11 is 0. The molecule has 0 aromatic heterocycles. The van der Waals surface area contributed by atoms with Gasteiger partial charge in [0.25, 0.3) is 0 Å². The number of hydrogen-bond donors (Lipinski definition) is 0. The number of methoxy groups -OCH3 is 1. The average Bonchev–Trinajstić information content (AvgIpc) is 3.03. The summed E-state index contributed by atoms with van der Waals surface area (Å²) in [6, 6.07) is 2.30. The van der Waals surface area contributed by atoms with Crippen molar-refractivity contribution in [1.82, 2.24) is 0 Å². The van der Waals surface area contributed by atoms with Gasteiger partial charge in [0, 0.05) is 5.41 Å². The first-order valence-corrected chi connectivity index (χ1v) is 11.9. The normalized spacial score (nSPS) is 35.2. The summed E-state index contributed by atoms with van der Waals surface area (Å²) in [7, 11) is 1.34. The van der Waals surface area contributed by atoms with Crippen molar-refractivity contribution >= 4 is 11.9 Å². The zero-order valence-corrected chi connectivity index (χ0v) is 20.1. The molecule has 0 N–H and O–H groups in total. The van der Waals surface area contributed by atoms with Gasteiger partial charge in [-0.2, -0.15) is 5.26 Å². The van der Waals surface area contributed by atoms with E-state index < -0.39 is 11.8 Å². The van der Waals surface area contributed by atoms with Crippen molar-refractivity contribution in [1.29, 1.82) is 5.26 Å². The number of fused-ring (bicyclic) bond motifs is 4. The van der Waals surface area contributed by atoms with E-state index >= 15 is 0 Å². The first-order valence-electron chi connectivity index (χ1n) is 11.9. The Labute approximate surface area is 191 Å². The number of oxime groups is 1. The van der Waals surface area contributed by atoms with E-state index in [1.54, 1.807) is 5.57 Å². The molecule has 0 aliphatic heterocycles. The molecule has 4 atom stereocenters. The molecule has 4 aliphatic carbocycles. The summed E-state index contributed by atoms with van der Waals surface area (Å²) < 4.78 is 10.7. The quantitative estimate of drug-likeness (QED) is 0.384. The summed E-state index contributed by atoms with van der Waals surface area (Å²) in [5.74, 6) is 0.935. The second-order valence-corrected chi connectivity index (χ2v) is 11.1. The minimum absolute atomic E-state index is 0.200. The molecular formula is C26H36N2O4. The Bertz CT molecular complexity index is 919. The third kappa shape index (κ3) is 3.84. The topological polar surface area (TPSA) is 80.9 Å². The fourth-order valence-corrected chi connectivity index (χ4v) is 6.73. The molecule has 2 unspecified atom stereocenters. The number of hydrogen-bond acceptors (Lipinski definition) is 6. The molecule has 6 nitrogen and oxygen atoms in total. The molecule has 4 rings (SSSR count). The highest BCUT2D eigenvalue weighted by atomic mass is 16.7. The maximum atomic E-state index is 12.1. The molecular weight excluding hydrogens is 404 g/mol. The van der Waals surface area contributed by atoms with E-state index in [4.69, 9.17) is 14.3 Å². The highest BCUT2D eigenvalue weighted by molar-refractivity contribution is 5.97. The fraction of sp³-hybridized carbons (Fsp3) is 0.731. The van der Waals surface area contributed by atoms with E-state index in [0.29, 0.717) is 11.8 Å². The number of carbonyl (C=O) groups excluding carboxylic acids is 1. The summed E-state index contributed by atoms with van der Waals surface area (Å²) in [5, 5.41) is 14.0. The van der Waals surface area contributed by atoms with Crippen LogP contribution in [0.2, 0.25) is 0 Å². The molecule has 0 amide bonds. The van der Waals surface area contributed by atoms with Gasteiger partial charge in [-0.05, 0) is 101 Å². The molecule has 6 heteroatoms. The van der Waals surface area contributed by atoms with Crippen LogP contribution in [0.25, 0.3) is 0 Å². The molecule has 0 bridgehead atoms. The second kappa shape index (κ2) is 8.24. The van der Waals surface area contributed by atoms with Gasteiger partial charge in [-0.1, -0.05) is 17.7 Å². The van der Waals surface area contributed by atoms with Crippen LogP contribution in [0.15, 0.2) is 28.0 Å². The maximum absolute atomic E-state index is 12.1. The molecule has 0 saturated heterocycles. The number of nitrogens with zero attached hydrogens (tertiary/aromatic N) is 2. The molecule has 0 aromatic carbocycles. The van der Waals surface area contributed by atoms with Crippen molar-refractivity contribution in [3.8, 4) is 6.07 Å². The van der Waals surface area contributed by atoms with Gasteiger partial charge in [-0.15, -0.1) is 0 Å². The smallest absolute Gasteiger partial charge is 0.438 e. The van der Waals surface area contributed by atoms with Crippen LogP contribution in [0.3, 0.4) is 0 Å². The van der Waals surface area contributed by atoms with Crippen LogP contribution in [-0.2, 0) is 14.3 Å². The van der Waals surface area contributed by atoms with E-state index in [1.807, 2.05) is 20.8 Å². The molecule has 0 aromatic rings. The number of rotatable bonds is 3. The fourth-order valence-electron chi connectivity index (χ4n) is 6.73. The second-order valence-electron chi connectivity index (χ2n) is 11.1. The highest BCUT2D eigenvalue weighted by Crippen LogP contribution is 2.65. The van der Waals surface area contributed by atoms with Gasteiger partial charge in [0.1, 0.15) is 11.2 Å². The largest absolute Gasteiger partial charge is 0.508 e. The molecule has 174 valence electrons. The molecule has 2 saturated carbocycles. The van der Waals surface area contributed by atoms with Gasteiger partial charge in [-0.25, -0.2) is 4.79 Å². The third-order valence-electron chi connectivity index (χ3n) is 8.28. The van der Waals surface area contributed by atoms with E-state index in [0.717, 1.165) is 57.1 Å². The average molecular weight is 441 g/mol. The third-order valence-corrected chi connectivity index (χ3v) is 8.28. The van der Waals surface area contributed by atoms with E-state index in [9.17, 15) is 10.1 Å². The van der Waals surface area contributed by atoms with Crippen LogP contribution in [0, 0.1) is 28.6 Å². The summed E-state index contributed by atoms with van der Waals surface area (Å²) in [6.45, 7) is 8.29. The Kier molecular flexibility index (Phi) is 5.90. The van der Waals surface area contributed by atoms with Crippen molar-refractivity contribution in [2.24, 2.45) is 22.4 Å². The van der Waals surface area contributed by atoms with Crippen LogP contribution in [0.4, 0.5) is 4.79 Å². The highest BCUT2D eigenvalue weighted by Gasteiger charge is 2.63. The lowest BCUT2D eigenvalue weighted by molar-refractivity contribution is -0.110. The molecule has 0 radical (unpaired) electrons. The van der Waals surface area contributed by atoms with Crippen molar-refractivity contribution in [2.75, 3.05) is 7.11 Å². The summed E-state index contributed by atoms with van der Waals surface area (Å²) in [4.78, 5) is 17.8. The van der Waals surface area contributed by atoms with Crippen LogP contribution < -0.4 is 0 Å². The molecule has 0 spiro atoms. The number of carbonyl (C=O) groups is 1. The lowest BCUT2D eigenvalue weighted by atomic mass is 9.54. The van der Waals surface area contributed by atoms with Gasteiger partial charge in [0.05, 0.1) is 25.3 Å². The van der Waals surface area contributed by atoms with Crippen LogP contribution in [0.1, 0.15) is 85.5 Å². The zero-order chi connectivity index (χ0) is 23.1. The van der Waals surface area contributed by atoms with Crippen molar-refractivity contribution in [3.63, 3.8) is 0 Å². The molecule has 0 heterocycles. The molecule has 4 aliphatic rings. The minimum atomic E-state index is -0.748. The van der Waals surface area contributed by atoms with Crippen molar-refractivity contribution in [2.45, 2.75) is 96.7 Å². The summed E-state index contributed by atoms with van der Waals surface area (Å²) in [6.07, 6.45) is 9.57. The van der Waals surface area contributed by atoms with Gasteiger partial charge in [-0.3, -0.25) is 0 Å². The SMILES string of the molecule is COC(=O)O[C@@]1(CC#N)CCC2C3CCC4=CC(=NOC(C)(C)C)CCC4=C3CC[C@@]21C. The first kappa shape index (κ1) is 22.9. The van der Waals surface area contributed by atoms with Crippen molar-refractivity contribution in [3.05, 3.63) is 22.8 Å². The van der Waals surface area contributed by atoms with Crippen LogP contribution in [-0.4, -0.2) is 30.2 Å². The van der Waals surface area contributed by atoms with Gasteiger partial charge in [0.15, 0.2) is 0 Å². The van der Waals surface area contributed by atoms with E-state index in [-0.39, 0.29) is 17.4 Å². The first-order chi connectivity index (χ1) is 15.1. The predicted molar refractivity (Wildman–Crippen MR) is 122 cm³/mol. The Morgan fingerprint density at radius 1 is 1.22 bits per heavy atom. The van der Waals surface area contributed by atoms with Gasteiger partial charge < -0.3 is 14.3 Å². The zero-order valence-electron chi connectivity index (χ0n) is 20.1. The predicted octanol–water partition coefficient (Wildman–Crippen LogP) is 6.23. The Balaban J connectivity index is 1.62. The maximum Gasteiger partial charge on any atom is 0.508 e. The van der Waals surface area contributed by atoms with Gasteiger partial charge in [0.2, 0.25) is 0 Å². The monoisotopic (exact) mass is 440 g/mol. The van der Waals surface area contributed by atoms with Crippen LogP contribution in [0.5, 0.6) is 0 Å². The lowest BCUT2D eigenvalue weighted by Gasteiger charge is -2.52. The Hall–Kier alpha value is -2.29. The van der Waals surface area contributed by atoms with Gasteiger partial charge >= 0.3 is 6.16 Å².